The quantitative estimate of drug-likeness (QED) is 0.862. The molecule has 1 fully saturated rings. The van der Waals surface area contributed by atoms with E-state index in [-0.39, 0.29) is 6.10 Å². The van der Waals surface area contributed by atoms with Crippen molar-refractivity contribution in [3.05, 3.63) is 42.9 Å². The first-order valence-electron chi connectivity index (χ1n) is 7.67. The molecule has 0 saturated heterocycles. The largest absolute Gasteiger partial charge is 0.437 e. The van der Waals surface area contributed by atoms with E-state index in [1.165, 1.54) is 6.20 Å². The number of nitrogens with zero attached hydrogens (tertiary/aromatic N) is 2. The second kappa shape index (κ2) is 7.14. The monoisotopic (exact) mass is 349 g/mol. The Labute approximate surface area is 141 Å². The van der Waals surface area contributed by atoms with Crippen molar-refractivity contribution in [1.29, 1.82) is 0 Å². The van der Waals surface area contributed by atoms with Gasteiger partial charge in [-0.1, -0.05) is 0 Å². The molecule has 2 aromatic rings. The molecule has 2 heterocycles. The van der Waals surface area contributed by atoms with Gasteiger partial charge in [0.25, 0.3) is 0 Å². The Bertz CT molecular complexity index is 766. The van der Waals surface area contributed by atoms with Crippen molar-refractivity contribution in [2.75, 3.05) is 11.8 Å². The zero-order valence-corrected chi connectivity index (χ0v) is 14.1. The zero-order valence-electron chi connectivity index (χ0n) is 13.3. The second-order valence-electron chi connectivity index (χ2n) is 5.57. The molecule has 2 aromatic heterocycles. The lowest BCUT2D eigenvalue weighted by molar-refractivity contribution is 0.111. The molecule has 3 rings (SSSR count). The molecule has 1 N–H and O–H groups in total. The Morgan fingerprint density at radius 3 is 2.75 bits per heavy atom. The van der Waals surface area contributed by atoms with Gasteiger partial charge in [-0.05, 0) is 37.5 Å². The lowest BCUT2D eigenvalue weighted by Crippen LogP contribution is -2.35. The summed E-state index contributed by atoms with van der Waals surface area (Å²) in [5.74, 6) is 0.925. The van der Waals surface area contributed by atoms with Gasteiger partial charge in [0.15, 0.2) is 0 Å². The van der Waals surface area contributed by atoms with E-state index in [0.29, 0.717) is 23.7 Å². The summed E-state index contributed by atoms with van der Waals surface area (Å²) >= 11 is 0. The molecule has 7 nitrogen and oxygen atoms in total. The highest BCUT2D eigenvalue weighted by Crippen LogP contribution is 2.29. The molecule has 0 bridgehead atoms. The van der Waals surface area contributed by atoms with E-state index in [9.17, 15) is 8.42 Å². The SMILES string of the molecule is COC1CCCC1S(=O)(=O)Nc1ccc(Oc2cccnc2)nc1. The fraction of sp³-hybridized carbons (Fsp3) is 0.375. The van der Waals surface area contributed by atoms with E-state index in [1.54, 1.807) is 43.8 Å². The molecule has 24 heavy (non-hydrogen) atoms. The van der Waals surface area contributed by atoms with Gasteiger partial charge in [-0.15, -0.1) is 0 Å². The molecule has 2 atom stereocenters. The minimum Gasteiger partial charge on any atom is -0.437 e. The summed E-state index contributed by atoms with van der Waals surface area (Å²) in [6.45, 7) is 0. The van der Waals surface area contributed by atoms with Crippen LogP contribution in [0.15, 0.2) is 42.9 Å². The van der Waals surface area contributed by atoms with E-state index >= 15 is 0 Å². The Hall–Kier alpha value is -2.19. The number of nitrogens with one attached hydrogen (secondary N) is 1. The van der Waals surface area contributed by atoms with E-state index in [0.717, 1.165) is 12.8 Å². The summed E-state index contributed by atoms with van der Waals surface area (Å²) in [5.41, 5.74) is 0.398. The fourth-order valence-corrected chi connectivity index (χ4v) is 4.51. The molecular weight excluding hydrogens is 330 g/mol. The van der Waals surface area contributed by atoms with Crippen LogP contribution in [-0.4, -0.2) is 36.8 Å². The molecule has 0 amide bonds. The molecule has 0 radical (unpaired) electrons. The Morgan fingerprint density at radius 1 is 1.21 bits per heavy atom. The van der Waals surface area contributed by atoms with Crippen molar-refractivity contribution in [2.45, 2.75) is 30.6 Å². The smallest absolute Gasteiger partial charge is 0.238 e. The lowest BCUT2D eigenvalue weighted by Gasteiger charge is -2.19. The minimum absolute atomic E-state index is 0.261. The Balaban J connectivity index is 1.67. The third kappa shape index (κ3) is 3.82. The average molecular weight is 349 g/mol. The molecule has 128 valence electrons. The van der Waals surface area contributed by atoms with Crippen molar-refractivity contribution < 1.29 is 17.9 Å². The number of ether oxygens (including phenoxy) is 2. The lowest BCUT2D eigenvalue weighted by atomic mass is 10.3. The second-order valence-corrected chi connectivity index (χ2v) is 7.47. The number of hydrogen-bond acceptors (Lipinski definition) is 6. The van der Waals surface area contributed by atoms with E-state index in [4.69, 9.17) is 9.47 Å². The molecule has 8 heteroatoms. The maximum Gasteiger partial charge on any atom is 0.238 e. The number of pyridine rings is 2. The highest BCUT2D eigenvalue weighted by molar-refractivity contribution is 7.93. The van der Waals surface area contributed by atoms with Crippen molar-refractivity contribution in [1.82, 2.24) is 9.97 Å². The van der Waals surface area contributed by atoms with Crippen molar-refractivity contribution >= 4 is 15.7 Å². The zero-order chi connectivity index (χ0) is 17.0. The van der Waals surface area contributed by atoms with Gasteiger partial charge in [0.1, 0.15) is 11.0 Å². The Kier molecular flexibility index (Phi) is 4.96. The van der Waals surface area contributed by atoms with Crippen molar-refractivity contribution in [2.24, 2.45) is 0 Å². The number of rotatable bonds is 6. The van der Waals surface area contributed by atoms with Crippen LogP contribution in [-0.2, 0) is 14.8 Å². The van der Waals surface area contributed by atoms with Crippen LogP contribution >= 0.6 is 0 Å². The summed E-state index contributed by atoms with van der Waals surface area (Å²) in [5, 5.41) is -0.534. The molecule has 1 aliphatic rings. The minimum atomic E-state index is -3.51. The van der Waals surface area contributed by atoms with Gasteiger partial charge in [0, 0.05) is 19.4 Å². The predicted molar refractivity (Wildman–Crippen MR) is 89.5 cm³/mol. The fourth-order valence-electron chi connectivity index (χ4n) is 2.79. The van der Waals surface area contributed by atoms with Crippen LogP contribution in [0, 0.1) is 0 Å². The number of hydrogen-bond donors (Lipinski definition) is 1. The van der Waals surface area contributed by atoms with Crippen LogP contribution in [0.4, 0.5) is 5.69 Å². The highest BCUT2D eigenvalue weighted by atomic mass is 32.2. The van der Waals surface area contributed by atoms with Crippen LogP contribution in [0.25, 0.3) is 0 Å². The van der Waals surface area contributed by atoms with Crippen LogP contribution in [0.1, 0.15) is 19.3 Å². The summed E-state index contributed by atoms with van der Waals surface area (Å²) in [6, 6.07) is 6.74. The molecular formula is C16H19N3O4S. The number of methoxy groups -OCH3 is 1. The van der Waals surface area contributed by atoms with Crippen LogP contribution in [0.3, 0.4) is 0 Å². The van der Waals surface area contributed by atoms with Gasteiger partial charge < -0.3 is 9.47 Å². The van der Waals surface area contributed by atoms with E-state index in [1.807, 2.05) is 0 Å². The molecule has 0 aromatic carbocycles. The van der Waals surface area contributed by atoms with Gasteiger partial charge in [-0.3, -0.25) is 9.71 Å². The van der Waals surface area contributed by atoms with Gasteiger partial charge in [0.2, 0.25) is 15.9 Å². The first-order chi connectivity index (χ1) is 11.6. The first-order valence-corrected chi connectivity index (χ1v) is 9.21. The molecule has 0 spiro atoms. The highest BCUT2D eigenvalue weighted by Gasteiger charge is 2.37. The topological polar surface area (TPSA) is 90.4 Å². The maximum atomic E-state index is 12.5. The first kappa shape index (κ1) is 16.7. The van der Waals surface area contributed by atoms with Gasteiger partial charge >= 0.3 is 0 Å². The molecule has 1 saturated carbocycles. The van der Waals surface area contributed by atoms with E-state index in [2.05, 4.69) is 14.7 Å². The van der Waals surface area contributed by atoms with Gasteiger partial charge in [-0.2, -0.15) is 0 Å². The number of sulfonamides is 1. The number of anilines is 1. The molecule has 0 aliphatic heterocycles. The maximum absolute atomic E-state index is 12.5. The third-order valence-electron chi connectivity index (χ3n) is 3.95. The van der Waals surface area contributed by atoms with Crippen LogP contribution < -0.4 is 9.46 Å². The summed E-state index contributed by atoms with van der Waals surface area (Å²) < 4.78 is 38.4. The number of aromatic nitrogens is 2. The molecule has 2 unspecified atom stereocenters. The molecule has 1 aliphatic carbocycles. The summed E-state index contributed by atoms with van der Waals surface area (Å²) in [6.07, 6.45) is 6.60. The van der Waals surface area contributed by atoms with Crippen molar-refractivity contribution in [3.8, 4) is 11.6 Å². The van der Waals surface area contributed by atoms with Crippen LogP contribution in [0.5, 0.6) is 11.6 Å². The third-order valence-corrected chi connectivity index (χ3v) is 5.80. The Morgan fingerprint density at radius 2 is 2.08 bits per heavy atom. The standard InChI is InChI=1S/C16H19N3O4S/c1-22-14-5-2-6-15(14)24(20,21)19-12-7-8-16(18-10-12)23-13-4-3-9-17-11-13/h3-4,7-11,14-15,19H,2,5-6H2,1H3. The predicted octanol–water partition coefficient (Wildman–Crippen LogP) is 2.58. The van der Waals surface area contributed by atoms with Crippen LogP contribution in [0.2, 0.25) is 0 Å². The van der Waals surface area contributed by atoms with Gasteiger partial charge in [0.05, 0.1) is 24.2 Å². The van der Waals surface area contributed by atoms with E-state index < -0.39 is 15.3 Å². The van der Waals surface area contributed by atoms with Gasteiger partial charge in [-0.25, -0.2) is 13.4 Å². The summed E-state index contributed by atoms with van der Waals surface area (Å²) in [4.78, 5) is 8.07. The normalized spacial score (nSPS) is 20.7. The summed E-state index contributed by atoms with van der Waals surface area (Å²) in [7, 11) is -1.97. The van der Waals surface area contributed by atoms with Crippen molar-refractivity contribution in [3.63, 3.8) is 0 Å². The average Bonchev–Trinajstić information content (AvgIpc) is 3.07.